The van der Waals surface area contributed by atoms with Gasteiger partial charge in [-0.15, -0.1) is 0 Å². The Hall–Kier alpha value is -1.36. The van der Waals surface area contributed by atoms with Crippen molar-refractivity contribution in [2.75, 3.05) is 25.6 Å². The molecule has 2 aromatic carbocycles. The molecular formula is C17H20BrNO2. The maximum atomic E-state index is 5.53. The smallest absolute Gasteiger partial charge is 0.0718 e. The molecule has 0 fully saturated rings. The van der Waals surface area contributed by atoms with E-state index in [0.717, 1.165) is 22.3 Å². The van der Waals surface area contributed by atoms with E-state index >= 15 is 0 Å². The molecule has 1 N–H and O–H groups in total. The highest BCUT2D eigenvalue weighted by atomic mass is 79.9. The predicted octanol–water partition coefficient (Wildman–Crippen LogP) is 4.22. The fourth-order valence-electron chi connectivity index (χ4n) is 1.91. The molecule has 0 saturated heterocycles. The minimum atomic E-state index is 0.608. The van der Waals surface area contributed by atoms with Gasteiger partial charge in [0.25, 0.3) is 0 Å². The summed E-state index contributed by atoms with van der Waals surface area (Å²) in [5.74, 6) is 0. The molecule has 0 aliphatic heterocycles. The highest BCUT2D eigenvalue weighted by Crippen LogP contribution is 2.15. The lowest BCUT2D eigenvalue weighted by atomic mass is 10.2. The van der Waals surface area contributed by atoms with Crippen LogP contribution in [0.1, 0.15) is 11.1 Å². The number of ether oxygens (including phenoxy) is 2. The predicted molar refractivity (Wildman–Crippen MR) is 89.4 cm³/mol. The van der Waals surface area contributed by atoms with Gasteiger partial charge in [-0.25, -0.2) is 0 Å². The van der Waals surface area contributed by atoms with Crippen molar-refractivity contribution in [3.63, 3.8) is 0 Å². The highest BCUT2D eigenvalue weighted by molar-refractivity contribution is 9.10. The van der Waals surface area contributed by atoms with E-state index in [2.05, 4.69) is 63.7 Å². The first kappa shape index (κ1) is 16.0. The topological polar surface area (TPSA) is 30.5 Å². The van der Waals surface area contributed by atoms with E-state index in [4.69, 9.17) is 9.47 Å². The standard InChI is InChI=1S/C17H20BrNO2/c1-20-9-10-21-13-15-3-2-4-17(11-15)19-12-14-5-7-16(18)8-6-14/h2-8,11,19H,9-10,12-13H2,1H3. The fourth-order valence-corrected chi connectivity index (χ4v) is 2.17. The molecule has 3 nitrogen and oxygen atoms in total. The molecule has 0 aromatic heterocycles. The van der Waals surface area contributed by atoms with Gasteiger partial charge in [-0.2, -0.15) is 0 Å². The largest absolute Gasteiger partial charge is 0.382 e. The van der Waals surface area contributed by atoms with Gasteiger partial charge < -0.3 is 14.8 Å². The average Bonchev–Trinajstić information content (AvgIpc) is 2.52. The summed E-state index contributed by atoms with van der Waals surface area (Å²) in [5.41, 5.74) is 3.51. The van der Waals surface area contributed by atoms with Crippen molar-refractivity contribution >= 4 is 21.6 Å². The Morgan fingerprint density at radius 2 is 1.81 bits per heavy atom. The number of hydrogen-bond acceptors (Lipinski definition) is 3. The van der Waals surface area contributed by atoms with Gasteiger partial charge in [-0.05, 0) is 35.4 Å². The second kappa shape index (κ2) is 8.82. The van der Waals surface area contributed by atoms with Crippen LogP contribution in [0.3, 0.4) is 0 Å². The summed E-state index contributed by atoms with van der Waals surface area (Å²) in [5, 5.41) is 3.43. The monoisotopic (exact) mass is 349 g/mol. The maximum Gasteiger partial charge on any atom is 0.0718 e. The summed E-state index contributed by atoms with van der Waals surface area (Å²) in [6, 6.07) is 16.6. The molecule has 0 bridgehead atoms. The van der Waals surface area contributed by atoms with Crippen LogP contribution in [-0.4, -0.2) is 20.3 Å². The van der Waals surface area contributed by atoms with Gasteiger partial charge >= 0.3 is 0 Å². The van der Waals surface area contributed by atoms with Crippen LogP contribution in [0.2, 0.25) is 0 Å². The van der Waals surface area contributed by atoms with Gasteiger partial charge in [0.1, 0.15) is 0 Å². The summed E-state index contributed by atoms with van der Waals surface area (Å²) in [7, 11) is 1.68. The Balaban J connectivity index is 1.84. The van der Waals surface area contributed by atoms with Crippen molar-refractivity contribution < 1.29 is 9.47 Å². The molecule has 0 radical (unpaired) electrons. The summed E-state index contributed by atoms with van der Waals surface area (Å²) in [6.07, 6.45) is 0. The Kier molecular flexibility index (Phi) is 6.73. The van der Waals surface area contributed by atoms with Crippen molar-refractivity contribution in [3.8, 4) is 0 Å². The lowest BCUT2D eigenvalue weighted by Gasteiger charge is -2.09. The van der Waals surface area contributed by atoms with Gasteiger partial charge in [-0.3, -0.25) is 0 Å². The van der Waals surface area contributed by atoms with Crippen LogP contribution in [0.4, 0.5) is 5.69 Å². The Labute approximate surface area is 134 Å². The normalized spacial score (nSPS) is 10.6. The van der Waals surface area contributed by atoms with Crippen LogP contribution >= 0.6 is 15.9 Å². The van der Waals surface area contributed by atoms with Crippen molar-refractivity contribution in [1.29, 1.82) is 0 Å². The first-order chi connectivity index (χ1) is 10.3. The number of halogens is 1. The Bertz CT molecular complexity index is 543. The van der Waals surface area contributed by atoms with E-state index in [9.17, 15) is 0 Å². The van der Waals surface area contributed by atoms with Crippen LogP contribution in [-0.2, 0) is 22.6 Å². The summed E-state index contributed by atoms with van der Waals surface area (Å²) >= 11 is 3.44. The molecule has 2 rings (SSSR count). The number of nitrogens with one attached hydrogen (secondary N) is 1. The van der Waals surface area contributed by atoms with Crippen molar-refractivity contribution in [2.24, 2.45) is 0 Å². The molecule has 21 heavy (non-hydrogen) atoms. The first-order valence-corrected chi connectivity index (χ1v) is 7.71. The minimum Gasteiger partial charge on any atom is -0.382 e. The quantitative estimate of drug-likeness (QED) is 0.723. The van der Waals surface area contributed by atoms with Crippen molar-refractivity contribution in [3.05, 3.63) is 64.1 Å². The summed E-state index contributed by atoms with van der Waals surface area (Å²) in [4.78, 5) is 0. The van der Waals surface area contributed by atoms with Crippen LogP contribution < -0.4 is 5.32 Å². The van der Waals surface area contributed by atoms with E-state index in [1.807, 2.05) is 6.07 Å². The third-order valence-corrected chi connectivity index (χ3v) is 3.57. The maximum absolute atomic E-state index is 5.53. The van der Waals surface area contributed by atoms with E-state index in [1.54, 1.807) is 7.11 Å². The molecule has 0 heterocycles. The number of anilines is 1. The average molecular weight is 350 g/mol. The zero-order chi connectivity index (χ0) is 14.9. The molecule has 0 aliphatic rings. The zero-order valence-electron chi connectivity index (χ0n) is 12.1. The van der Waals surface area contributed by atoms with Crippen LogP contribution in [0.25, 0.3) is 0 Å². The molecule has 4 heteroatoms. The molecule has 0 aliphatic carbocycles. The number of methoxy groups -OCH3 is 1. The van der Waals surface area contributed by atoms with E-state index in [-0.39, 0.29) is 0 Å². The number of hydrogen-bond donors (Lipinski definition) is 1. The van der Waals surface area contributed by atoms with Crippen LogP contribution in [0.15, 0.2) is 53.0 Å². The molecule has 2 aromatic rings. The third kappa shape index (κ3) is 5.87. The van der Waals surface area contributed by atoms with Gasteiger partial charge in [0.15, 0.2) is 0 Å². The fraction of sp³-hybridized carbons (Fsp3) is 0.294. The lowest BCUT2D eigenvalue weighted by molar-refractivity contribution is 0.0617. The van der Waals surface area contributed by atoms with Crippen LogP contribution in [0, 0.1) is 0 Å². The van der Waals surface area contributed by atoms with Crippen LogP contribution in [0.5, 0.6) is 0 Å². The minimum absolute atomic E-state index is 0.608. The molecule has 0 unspecified atom stereocenters. The number of benzene rings is 2. The summed E-state index contributed by atoms with van der Waals surface area (Å²) in [6.45, 7) is 2.66. The van der Waals surface area contributed by atoms with E-state index in [0.29, 0.717) is 19.8 Å². The molecule has 112 valence electrons. The Morgan fingerprint density at radius 1 is 1.00 bits per heavy atom. The first-order valence-electron chi connectivity index (χ1n) is 6.92. The Morgan fingerprint density at radius 3 is 2.57 bits per heavy atom. The van der Waals surface area contributed by atoms with Gasteiger partial charge in [0.2, 0.25) is 0 Å². The molecule has 0 atom stereocenters. The number of rotatable bonds is 8. The second-order valence-electron chi connectivity index (χ2n) is 4.73. The molecule has 0 amide bonds. The van der Waals surface area contributed by atoms with Gasteiger partial charge in [-0.1, -0.05) is 40.2 Å². The highest BCUT2D eigenvalue weighted by Gasteiger charge is 1.98. The van der Waals surface area contributed by atoms with Crippen molar-refractivity contribution in [2.45, 2.75) is 13.2 Å². The zero-order valence-corrected chi connectivity index (χ0v) is 13.7. The SMILES string of the molecule is COCCOCc1cccc(NCc2ccc(Br)cc2)c1. The molecular weight excluding hydrogens is 330 g/mol. The van der Waals surface area contributed by atoms with E-state index in [1.165, 1.54) is 5.56 Å². The van der Waals surface area contributed by atoms with E-state index < -0.39 is 0 Å². The van der Waals surface area contributed by atoms with Crippen molar-refractivity contribution in [1.82, 2.24) is 0 Å². The lowest BCUT2D eigenvalue weighted by Crippen LogP contribution is -2.03. The third-order valence-electron chi connectivity index (χ3n) is 3.04. The summed E-state index contributed by atoms with van der Waals surface area (Å²) < 4.78 is 11.6. The molecule has 0 spiro atoms. The molecule has 0 saturated carbocycles. The second-order valence-corrected chi connectivity index (χ2v) is 5.64. The van der Waals surface area contributed by atoms with Gasteiger partial charge in [0, 0.05) is 23.8 Å². The van der Waals surface area contributed by atoms with Gasteiger partial charge in [0.05, 0.1) is 19.8 Å².